The Morgan fingerprint density at radius 1 is 0.929 bits per heavy atom. The number of hydrogen-bond acceptors (Lipinski definition) is 6. The van der Waals surface area contributed by atoms with E-state index in [1.807, 2.05) is 0 Å². The molecule has 0 bridgehead atoms. The lowest BCUT2D eigenvalue weighted by Crippen LogP contribution is -2.67. The number of nitrogens with zero attached hydrogens (tertiary/aromatic N) is 2. The average molecular weight is 590 g/mol. The van der Waals surface area contributed by atoms with Crippen LogP contribution in [-0.2, 0) is 14.3 Å². The molecule has 3 rings (SSSR count). The third-order valence-corrected chi connectivity index (χ3v) is 6.40. The molecule has 0 spiro atoms. The van der Waals surface area contributed by atoms with Crippen molar-refractivity contribution in [3.63, 3.8) is 0 Å². The summed E-state index contributed by atoms with van der Waals surface area (Å²) in [5.41, 5.74) is -3.00. The first-order valence-electron chi connectivity index (χ1n) is 13.4. The number of ether oxygens (including phenoxy) is 2. The third kappa shape index (κ3) is 7.74. The van der Waals surface area contributed by atoms with E-state index in [2.05, 4.69) is 5.32 Å². The van der Waals surface area contributed by atoms with E-state index in [1.54, 1.807) is 53.7 Å². The van der Waals surface area contributed by atoms with Crippen LogP contribution >= 0.6 is 0 Å². The third-order valence-electron chi connectivity index (χ3n) is 6.40. The molecule has 3 amide bonds. The first kappa shape index (κ1) is 32.3. The van der Waals surface area contributed by atoms with Gasteiger partial charge in [-0.1, -0.05) is 24.3 Å². The monoisotopic (exact) mass is 589 g/mol. The molecule has 1 fully saturated rings. The highest BCUT2D eigenvalue weighted by molar-refractivity contribution is 6.05. The van der Waals surface area contributed by atoms with Crippen molar-refractivity contribution in [2.45, 2.75) is 71.6 Å². The Morgan fingerprint density at radius 3 is 2.12 bits per heavy atom. The minimum Gasteiger partial charge on any atom is -0.479 e. The normalized spacial score (nSPS) is 17.6. The zero-order valence-corrected chi connectivity index (χ0v) is 24.8. The molecule has 0 aliphatic carbocycles. The highest BCUT2D eigenvalue weighted by Crippen LogP contribution is 2.32. The summed E-state index contributed by atoms with van der Waals surface area (Å²) in [6, 6.07) is 10.0. The lowest BCUT2D eigenvalue weighted by Gasteiger charge is -2.46. The predicted octanol–water partition coefficient (Wildman–Crippen LogP) is 6.17. The largest absolute Gasteiger partial charge is 0.479 e. The van der Waals surface area contributed by atoms with E-state index in [-0.39, 0.29) is 36.4 Å². The molecule has 42 heavy (non-hydrogen) atoms. The number of aliphatic carboxylic acids is 1. The molecule has 1 heterocycles. The summed E-state index contributed by atoms with van der Waals surface area (Å²) in [4.78, 5) is 54.3. The molecular weight excluding hydrogens is 552 g/mol. The van der Waals surface area contributed by atoms with Crippen molar-refractivity contribution in [2.75, 3.05) is 25.0 Å². The van der Waals surface area contributed by atoms with Gasteiger partial charge >= 0.3 is 18.2 Å². The number of carbonyl (C=O) groups excluding carboxylic acids is 3. The van der Waals surface area contributed by atoms with E-state index in [1.165, 1.54) is 42.2 Å². The van der Waals surface area contributed by atoms with Crippen molar-refractivity contribution in [1.29, 1.82) is 0 Å². The number of amides is 3. The summed E-state index contributed by atoms with van der Waals surface area (Å²) < 4.78 is 37.5. The van der Waals surface area contributed by atoms with E-state index in [9.17, 15) is 33.1 Å². The van der Waals surface area contributed by atoms with Gasteiger partial charge in [0.1, 0.15) is 11.2 Å². The summed E-state index contributed by atoms with van der Waals surface area (Å²) >= 11 is 0. The predicted molar refractivity (Wildman–Crippen MR) is 152 cm³/mol. The molecule has 2 aromatic rings. The Kier molecular flexibility index (Phi) is 9.19. The summed E-state index contributed by atoms with van der Waals surface area (Å²) in [7, 11) is 0. The second-order valence-electron chi connectivity index (χ2n) is 12.3. The molecule has 0 radical (unpaired) electrons. The summed E-state index contributed by atoms with van der Waals surface area (Å²) in [6.07, 6.45) is -4.27. The number of rotatable bonds is 5. The van der Waals surface area contributed by atoms with Crippen LogP contribution in [0.5, 0.6) is 0 Å². The molecule has 0 saturated carbocycles. The number of anilines is 1. The van der Waals surface area contributed by atoms with Crippen LogP contribution < -0.4 is 5.32 Å². The van der Waals surface area contributed by atoms with Gasteiger partial charge in [0.2, 0.25) is 0 Å². The molecule has 1 atom stereocenters. The van der Waals surface area contributed by atoms with Crippen LogP contribution in [-0.4, -0.2) is 75.3 Å². The second kappa shape index (κ2) is 11.9. The Morgan fingerprint density at radius 2 is 1.55 bits per heavy atom. The van der Waals surface area contributed by atoms with Crippen LogP contribution in [0.25, 0.3) is 11.1 Å². The van der Waals surface area contributed by atoms with Crippen LogP contribution in [0.3, 0.4) is 0 Å². The first-order chi connectivity index (χ1) is 19.3. The minimum atomic E-state index is -2.71. The van der Waals surface area contributed by atoms with Gasteiger partial charge in [0.05, 0.1) is 17.8 Å². The summed E-state index contributed by atoms with van der Waals surface area (Å²) in [6.45, 7) is 10.9. The van der Waals surface area contributed by atoms with Crippen molar-refractivity contribution in [2.24, 2.45) is 0 Å². The molecule has 1 aliphatic heterocycles. The van der Waals surface area contributed by atoms with Crippen LogP contribution in [0, 0.1) is 0 Å². The Bertz CT molecular complexity index is 1370. The quantitative estimate of drug-likeness (QED) is 0.427. The second-order valence-corrected chi connectivity index (χ2v) is 12.3. The van der Waals surface area contributed by atoms with E-state index < -0.39 is 47.2 Å². The van der Waals surface area contributed by atoms with Gasteiger partial charge in [0.25, 0.3) is 12.3 Å². The molecule has 1 saturated heterocycles. The number of alkyl halides is 2. The highest BCUT2D eigenvalue weighted by Gasteiger charge is 2.49. The summed E-state index contributed by atoms with van der Waals surface area (Å²) in [5, 5.41) is 12.8. The minimum absolute atomic E-state index is 0.00548. The van der Waals surface area contributed by atoms with Gasteiger partial charge in [0.15, 0.2) is 5.54 Å². The first-order valence-corrected chi connectivity index (χ1v) is 13.4. The lowest BCUT2D eigenvalue weighted by molar-refractivity contribution is -0.152. The fraction of sp³-hybridized carbons (Fsp3) is 0.467. The van der Waals surface area contributed by atoms with E-state index in [0.29, 0.717) is 11.1 Å². The van der Waals surface area contributed by atoms with Crippen molar-refractivity contribution in [1.82, 2.24) is 9.80 Å². The molecule has 10 nitrogen and oxygen atoms in total. The number of carboxylic acid groups (broad SMARTS) is 1. The Hall–Kier alpha value is -4.22. The molecule has 1 unspecified atom stereocenters. The SMILES string of the molecule is CC(C)(C)OC(=O)Nc1ccc(-c2cccc(C(F)F)c2)cc1C(=O)N1CCN(C(=O)OC(C)(C)C)CC1(C)C(=O)O. The van der Waals surface area contributed by atoms with Crippen LogP contribution in [0.1, 0.15) is 70.8 Å². The lowest BCUT2D eigenvalue weighted by atomic mass is 9.93. The van der Waals surface area contributed by atoms with Gasteiger partial charge in [-0.05, 0) is 77.8 Å². The molecule has 2 N–H and O–H groups in total. The Labute approximate surface area is 243 Å². The van der Waals surface area contributed by atoms with E-state index in [4.69, 9.17) is 9.47 Å². The number of halogens is 2. The molecule has 12 heteroatoms. The smallest absolute Gasteiger partial charge is 0.412 e. The number of piperazine rings is 1. The maximum absolute atomic E-state index is 14.1. The highest BCUT2D eigenvalue weighted by atomic mass is 19.3. The fourth-order valence-corrected chi connectivity index (χ4v) is 4.42. The van der Waals surface area contributed by atoms with Gasteiger partial charge in [-0.25, -0.2) is 23.2 Å². The van der Waals surface area contributed by atoms with Gasteiger partial charge in [0, 0.05) is 18.7 Å². The van der Waals surface area contributed by atoms with Gasteiger partial charge in [-0.3, -0.25) is 10.1 Å². The maximum Gasteiger partial charge on any atom is 0.412 e. The number of carboxylic acids is 1. The van der Waals surface area contributed by atoms with E-state index >= 15 is 0 Å². The Balaban J connectivity index is 2.05. The van der Waals surface area contributed by atoms with Crippen molar-refractivity contribution in [3.8, 4) is 11.1 Å². The standard InChI is InChI=1S/C30H37F2N3O7/c1-28(2,3)41-26(39)33-22-12-11-19(18-9-8-10-20(15-18)23(31)32)16-21(22)24(36)35-14-13-34(17-30(35,7)25(37)38)27(40)42-29(4,5)6/h8-12,15-16,23H,13-14,17H2,1-7H3,(H,33,39)(H,37,38). The fourth-order valence-electron chi connectivity index (χ4n) is 4.42. The number of carbonyl (C=O) groups is 4. The number of hydrogen-bond donors (Lipinski definition) is 2. The van der Waals surface area contributed by atoms with Gasteiger partial charge in [-0.2, -0.15) is 0 Å². The topological polar surface area (TPSA) is 125 Å². The number of benzene rings is 2. The maximum atomic E-state index is 14.1. The average Bonchev–Trinajstić information content (AvgIpc) is 2.86. The van der Waals surface area contributed by atoms with Crippen LogP contribution in [0.2, 0.25) is 0 Å². The van der Waals surface area contributed by atoms with Crippen LogP contribution in [0.15, 0.2) is 42.5 Å². The van der Waals surface area contributed by atoms with Crippen molar-refractivity contribution >= 4 is 29.8 Å². The summed E-state index contributed by atoms with van der Waals surface area (Å²) in [5.74, 6) is -2.10. The zero-order chi connectivity index (χ0) is 31.6. The van der Waals surface area contributed by atoms with Crippen LogP contribution in [0.4, 0.5) is 24.1 Å². The van der Waals surface area contributed by atoms with Crippen molar-refractivity contribution in [3.05, 3.63) is 53.6 Å². The molecular formula is C30H37F2N3O7. The molecule has 1 aliphatic rings. The molecule has 0 aromatic heterocycles. The molecule has 2 aromatic carbocycles. The van der Waals surface area contributed by atoms with E-state index in [0.717, 1.165) is 4.90 Å². The van der Waals surface area contributed by atoms with Gasteiger partial charge < -0.3 is 24.4 Å². The van der Waals surface area contributed by atoms with Gasteiger partial charge in [-0.15, -0.1) is 0 Å². The van der Waals surface area contributed by atoms with Crippen molar-refractivity contribution < 1.29 is 42.5 Å². The zero-order valence-electron chi connectivity index (χ0n) is 24.8. The number of nitrogens with one attached hydrogen (secondary N) is 1. The molecule has 228 valence electrons.